The van der Waals surface area contributed by atoms with Crippen molar-refractivity contribution in [1.29, 1.82) is 0 Å². The molecule has 0 bridgehead atoms. The second-order valence-corrected chi connectivity index (χ2v) is 7.72. The van der Waals surface area contributed by atoms with E-state index in [0.29, 0.717) is 6.04 Å². The number of hydrogen-bond donors (Lipinski definition) is 1. The van der Waals surface area contributed by atoms with Crippen molar-refractivity contribution in [3.8, 4) is 0 Å². The number of aryl methyl sites for hydroxylation is 1. The first-order valence-corrected chi connectivity index (χ1v) is 10.0. The quantitative estimate of drug-likeness (QED) is 0.569. The molecular weight excluding hydrogens is 342 g/mol. The zero-order valence-electron chi connectivity index (χ0n) is 16.6. The van der Waals surface area contributed by atoms with Crippen LogP contribution in [0.4, 0.5) is 0 Å². The lowest BCUT2D eigenvalue weighted by Crippen LogP contribution is -2.40. The average Bonchev–Trinajstić information content (AvgIpc) is 3.03. The van der Waals surface area contributed by atoms with E-state index in [1.165, 1.54) is 5.56 Å². The van der Waals surface area contributed by atoms with Crippen LogP contribution in [-0.2, 0) is 13.1 Å². The van der Waals surface area contributed by atoms with E-state index in [9.17, 15) is 0 Å². The molecule has 6 heteroatoms. The second kappa shape index (κ2) is 10.3. The van der Waals surface area contributed by atoms with Crippen LogP contribution < -0.4 is 5.32 Å². The van der Waals surface area contributed by atoms with Gasteiger partial charge in [-0.3, -0.25) is 9.89 Å². The average molecular weight is 374 g/mol. The van der Waals surface area contributed by atoms with Crippen molar-refractivity contribution in [2.24, 2.45) is 4.99 Å². The lowest BCUT2D eigenvalue weighted by atomic mass is 10.2. The number of aliphatic imine (C=N–C) groups is 1. The van der Waals surface area contributed by atoms with E-state index in [0.717, 1.165) is 42.8 Å². The highest BCUT2D eigenvalue weighted by atomic mass is 32.1. The smallest absolute Gasteiger partial charge is 0.194 e. The third kappa shape index (κ3) is 6.42. The molecule has 0 fully saturated rings. The highest BCUT2D eigenvalue weighted by Gasteiger charge is 2.12. The Bertz CT molecular complexity index is 683. The number of benzene rings is 1. The fourth-order valence-corrected chi connectivity index (χ4v) is 3.26. The zero-order chi connectivity index (χ0) is 18.9. The van der Waals surface area contributed by atoms with Crippen LogP contribution in [-0.4, -0.2) is 54.0 Å². The molecule has 0 radical (unpaired) electrons. The van der Waals surface area contributed by atoms with Gasteiger partial charge in [-0.2, -0.15) is 0 Å². The molecule has 0 saturated carbocycles. The van der Waals surface area contributed by atoms with Gasteiger partial charge >= 0.3 is 0 Å². The molecule has 0 saturated heterocycles. The Kier molecular flexibility index (Phi) is 8.06. The molecule has 26 heavy (non-hydrogen) atoms. The first-order chi connectivity index (χ1) is 12.5. The van der Waals surface area contributed by atoms with E-state index >= 15 is 0 Å². The maximum atomic E-state index is 4.84. The SMILES string of the molecule is CCNC(=NCC(C)N(C)Cc1ccccc1)N(C)Cc1csc(C)n1. The van der Waals surface area contributed by atoms with Gasteiger partial charge in [0.25, 0.3) is 0 Å². The number of thiazole rings is 1. The van der Waals surface area contributed by atoms with Crippen LogP contribution in [0.5, 0.6) is 0 Å². The summed E-state index contributed by atoms with van der Waals surface area (Å²) in [6.07, 6.45) is 0. The molecule has 0 spiro atoms. The first kappa shape index (κ1) is 20.4. The minimum atomic E-state index is 0.360. The Hall–Kier alpha value is -1.92. The van der Waals surface area contributed by atoms with Gasteiger partial charge in [0.1, 0.15) is 0 Å². The third-order valence-electron chi connectivity index (χ3n) is 4.29. The molecule has 0 aliphatic rings. The lowest BCUT2D eigenvalue weighted by Gasteiger charge is -2.25. The number of hydrogen-bond acceptors (Lipinski definition) is 4. The van der Waals surface area contributed by atoms with Gasteiger partial charge in [0.15, 0.2) is 5.96 Å². The number of nitrogens with one attached hydrogen (secondary N) is 1. The van der Waals surface area contributed by atoms with E-state index in [4.69, 9.17) is 4.99 Å². The van der Waals surface area contributed by atoms with Gasteiger partial charge in [-0.05, 0) is 33.4 Å². The molecule has 1 atom stereocenters. The van der Waals surface area contributed by atoms with E-state index in [1.807, 2.05) is 6.92 Å². The third-order valence-corrected chi connectivity index (χ3v) is 5.12. The molecule has 142 valence electrons. The predicted octanol–water partition coefficient (Wildman–Crippen LogP) is 3.37. The predicted molar refractivity (Wildman–Crippen MR) is 112 cm³/mol. The minimum absolute atomic E-state index is 0.360. The maximum absolute atomic E-state index is 4.84. The van der Waals surface area contributed by atoms with Crippen LogP contribution in [0.25, 0.3) is 0 Å². The van der Waals surface area contributed by atoms with Crippen LogP contribution in [0.2, 0.25) is 0 Å². The topological polar surface area (TPSA) is 43.8 Å². The summed E-state index contributed by atoms with van der Waals surface area (Å²) in [6.45, 7) is 9.67. The van der Waals surface area contributed by atoms with Gasteiger partial charge in [0.2, 0.25) is 0 Å². The Morgan fingerprint density at radius 3 is 2.58 bits per heavy atom. The molecule has 0 amide bonds. The molecular formula is C20H31N5S. The minimum Gasteiger partial charge on any atom is -0.357 e. The van der Waals surface area contributed by atoms with Crippen LogP contribution in [0.15, 0.2) is 40.7 Å². The molecule has 5 nitrogen and oxygen atoms in total. The standard InChI is InChI=1S/C20H31N5S/c1-6-21-20(25(5)14-19-15-26-17(3)23-19)22-12-16(2)24(4)13-18-10-8-7-9-11-18/h7-11,15-16H,6,12-14H2,1-5H3,(H,21,22). The summed E-state index contributed by atoms with van der Waals surface area (Å²) in [5.41, 5.74) is 2.42. The largest absolute Gasteiger partial charge is 0.357 e. The number of rotatable bonds is 8. The van der Waals surface area contributed by atoms with Crippen LogP contribution in [0.3, 0.4) is 0 Å². The van der Waals surface area contributed by atoms with Crippen molar-refractivity contribution < 1.29 is 0 Å². The van der Waals surface area contributed by atoms with Crippen molar-refractivity contribution in [2.45, 2.75) is 39.9 Å². The Morgan fingerprint density at radius 2 is 1.96 bits per heavy atom. The summed E-state index contributed by atoms with van der Waals surface area (Å²) in [5.74, 6) is 0.929. The van der Waals surface area contributed by atoms with Gasteiger partial charge in [-0.15, -0.1) is 11.3 Å². The Balaban J connectivity index is 1.93. The molecule has 0 aliphatic carbocycles. The van der Waals surface area contributed by atoms with Crippen LogP contribution >= 0.6 is 11.3 Å². The highest BCUT2D eigenvalue weighted by Crippen LogP contribution is 2.10. The Labute approximate surface area is 161 Å². The number of nitrogens with zero attached hydrogens (tertiary/aromatic N) is 4. The summed E-state index contributed by atoms with van der Waals surface area (Å²) >= 11 is 1.69. The van der Waals surface area contributed by atoms with Gasteiger partial charge < -0.3 is 10.2 Å². The van der Waals surface area contributed by atoms with Gasteiger partial charge in [0.05, 0.1) is 23.8 Å². The normalized spacial score (nSPS) is 13.1. The van der Waals surface area contributed by atoms with E-state index in [2.05, 4.69) is 83.8 Å². The van der Waals surface area contributed by atoms with Crippen molar-refractivity contribution >= 4 is 17.3 Å². The molecule has 1 unspecified atom stereocenters. The maximum Gasteiger partial charge on any atom is 0.194 e. The molecule has 2 rings (SSSR count). The summed E-state index contributed by atoms with van der Waals surface area (Å²) in [7, 11) is 4.22. The van der Waals surface area contributed by atoms with Crippen molar-refractivity contribution in [3.05, 3.63) is 52.0 Å². The van der Waals surface area contributed by atoms with Crippen molar-refractivity contribution in [2.75, 3.05) is 27.2 Å². The van der Waals surface area contributed by atoms with Crippen LogP contribution in [0, 0.1) is 6.92 Å². The number of likely N-dealkylation sites (N-methyl/N-ethyl adjacent to an activating group) is 1. The fourth-order valence-electron chi connectivity index (χ4n) is 2.65. The number of aromatic nitrogens is 1. The molecule has 1 aromatic carbocycles. The lowest BCUT2D eigenvalue weighted by molar-refractivity contribution is 0.254. The van der Waals surface area contributed by atoms with Crippen molar-refractivity contribution in [3.63, 3.8) is 0 Å². The molecule has 1 heterocycles. The fraction of sp³-hybridized carbons (Fsp3) is 0.500. The van der Waals surface area contributed by atoms with Gasteiger partial charge in [0, 0.05) is 31.6 Å². The van der Waals surface area contributed by atoms with Gasteiger partial charge in [-0.25, -0.2) is 4.98 Å². The highest BCUT2D eigenvalue weighted by molar-refractivity contribution is 7.09. The van der Waals surface area contributed by atoms with E-state index in [-0.39, 0.29) is 0 Å². The Morgan fingerprint density at radius 1 is 1.23 bits per heavy atom. The van der Waals surface area contributed by atoms with E-state index < -0.39 is 0 Å². The first-order valence-electron chi connectivity index (χ1n) is 9.14. The molecule has 1 N–H and O–H groups in total. The van der Waals surface area contributed by atoms with Crippen LogP contribution in [0.1, 0.15) is 30.1 Å². The number of guanidine groups is 1. The zero-order valence-corrected chi connectivity index (χ0v) is 17.4. The molecule has 2 aromatic rings. The summed E-state index contributed by atoms with van der Waals surface area (Å²) in [5, 5.41) is 6.61. The molecule has 0 aliphatic heterocycles. The molecule has 1 aromatic heterocycles. The second-order valence-electron chi connectivity index (χ2n) is 6.66. The van der Waals surface area contributed by atoms with Gasteiger partial charge in [-0.1, -0.05) is 30.3 Å². The summed E-state index contributed by atoms with van der Waals surface area (Å²) < 4.78 is 0. The monoisotopic (exact) mass is 373 g/mol. The van der Waals surface area contributed by atoms with Crippen molar-refractivity contribution in [1.82, 2.24) is 20.1 Å². The summed E-state index contributed by atoms with van der Waals surface area (Å²) in [4.78, 5) is 13.9. The summed E-state index contributed by atoms with van der Waals surface area (Å²) in [6, 6.07) is 10.9. The van der Waals surface area contributed by atoms with E-state index in [1.54, 1.807) is 11.3 Å².